The van der Waals surface area contributed by atoms with Crippen LogP contribution >= 0.6 is 11.6 Å². The van der Waals surface area contributed by atoms with Crippen molar-refractivity contribution in [2.24, 2.45) is 70.6 Å². The maximum Gasteiger partial charge on any atom is 0.341 e. The number of carbonyl (C=O) groups is 1. The molecule has 11 atom stereocenters. The van der Waals surface area contributed by atoms with Gasteiger partial charge in [-0.3, -0.25) is 37.4 Å². The Kier molecular flexibility index (Phi) is 19.8. The van der Waals surface area contributed by atoms with Crippen LogP contribution in [0.25, 0.3) is 66.9 Å². The molecule has 4 aliphatic heterocycles. The van der Waals surface area contributed by atoms with Crippen LogP contribution in [-0.2, 0) is 0 Å². The lowest BCUT2D eigenvalue weighted by Crippen LogP contribution is -2.30. The van der Waals surface area contributed by atoms with E-state index in [1.54, 1.807) is 18.7 Å². The summed E-state index contributed by atoms with van der Waals surface area (Å²) >= 11 is 5.65. The molecule has 12 heterocycles. The number of piperidine rings is 4. The van der Waals surface area contributed by atoms with Crippen molar-refractivity contribution in [1.29, 1.82) is 0 Å². The van der Waals surface area contributed by atoms with Crippen LogP contribution in [0.4, 0.5) is 70.1 Å². The molecule has 0 radical (unpaired) electrons. The van der Waals surface area contributed by atoms with E-state index in [0.717, 1.165) is 102 Å². The number of nitrogens with one attached hydrogen (secondary N) is 1. The van der Waals surface area contributed by atoms with Gasteiger partial charge in [0.15, 0.2) is 79.1 Å². The third-order valence-corrected chi connectivity index (χ3v) is 23.9. The van der Waals surface area contributed by atoms with Gasteiger partial charge in [-0.25, -0.2) is 77.4 Å². The van der Waals surface area contributed by atoms with Gasteiger partial charge in [-0.05, 0) is 166 Å². The van der Waals surface area contributed by atoms with Crippen LogP contribution in [0.3, 0.4) is 0 Å². The molecule has 8 aliphatic rings. The molecule has 0 bridgehead atoms. The topological polar surface area (TPSA) is 251 Å². The van der Waals surface area contributed by atoms with Gasteiger partial charge in [0, 0.05) is 117 Å². The summed E-state index contributed by atoms with van der Waals surface area (Å²) in [6, 6.07) is 16.4. The van der Waals surface area contributed by atoms with Crippen molar-refractivity contribution in [3.8, 4) is 22.7 Å². The second-order valence-electron chi connectivity index (χ2n) is 30.6. The Morgan fingerprint density at radius 1 is 0.391 bits per heavy atom. The number of aromatic nitrogens is 8. The van der Waals surface area contributed by atoms with Crippen molar-refractivity contribution in [3.63, 3.8) is 0 Å². The summed E-state index contributed by atoms with van der Waals surface area (Å²) < 4.78 is 173. The number of anilines is 3. The van der Waals surface area contributed by atoms with Gasteiger partial charge in [0.05, 0.1) is 44.3 Å². The summed E-state index contributed by atoms with van der Waals surface area (Å²) in [4.78, 5) is 83.6. The first-order valence-corrected chi connectivity index (χ1v) is 37.2. The Bertz CT molecular complexity index is 6120. The zero-order valence-electron chi connectivity index (χ0n) is 61.6. The maximum absolute atomic E-state index is 14.8. The van der Waals surface area contributed by atoms with E-state index in [-0.39, 0.29) is 125 Å². The van der Waals surface area contributed by atoms with E-state index in [4.69, 9.17) is 23.1 Å². The maximum atomic E-state index is 14.8. The summed E-state index contributed by atoms with van der Waals surface area (Å²) in [6.45, 7) is 15.4. The van der Waals surface area contributed by atoms with Crippen LogP contribution in [0, 0.1) is 150 Å². The quantitative estimate of drug-likeness (QED) is 0.0815. The molecular weight excluding hydrogens is 1540 g/mol. The normalized spacial score (nSPS) is 22.8. The van der Waals surface area contributed by atoms with Gasteiger partial charge in [0.25, 0.3) is 0 Å². The lowest BCUT2D eigenvalue weighted by Gasteiger charge is -2.22. The molecule has 20 nitrogen and oxygen atoms in total. The number of hydrogen-bond acceptors (Lipinski definition) is 15. The third kappa shape index (κ3) is 14.2. The minimum atomic E-state index is -1.56. The first-order chi connectivity index (χ1) is 54.7. The number of benzene rings is 4. The molecule has 33 heteroatoms. The van der Waals surface area contributed by atoms with Crippen molar-refractivity contribution in [1.82, 2.24) is 43.5 Å². The molecule has 4 aliphatic carbocycles. The minimum absolute atomic E-state index is 0.00694. The van der Waals surface area contributed by atoms with Crippen molar-refractivity contribution < 1.29 is 62.6 Å². The second-order valence-corrected chi connectivity index (χ2v) is 31.0. The largest absolute Gasteiger partial charge is 0.477 e. The molecular formula is C82H69ClF12N14O6. The smallest absolute Gasteiger partial charge is 0.341 e. The highest BCUT2D eigenvalue weighted by atomic mass is 35.5. The lowest BCUT2D eigenvalue weighted by atomic mass is 10.1. The highest BCUT2D eigenvalue weighted by Crippen LogP contribution is 2.53. The second kappa shape index (κ2) is 29.4. The molecule has 8 fully saturated rings. The van der Waals surface area contributed by atoms with Crippen LogP contribution in [-0.4, -0.2) is 114 Å². The van der Waals surface area contributed by atoms with Gasteiger partial charge in [0.1, 0.15) is 57.7 Å². The van der Waals surface area contributed by atoms with Crippen molar-refractivity contribution in [3.05, 3.63) is 260 Å². The first kappa shape index (κ1) is 77.5. The number of fused-ring (bicyclic) bond motifs is 8. The van der Waals surface area contributed by atoms with Crippen LogP contribution in [0.1, 0.15) is 40.9 Å². The summed E-state index contributed by atoms with van der Waals surface area (Å²) in [6.07, 6.45) is 5.16. The number of nitrogens with zero attached hydrogens (tertiary/aromatic N) is 11. The van der Waals surface area contributed by atoms with Crippen molar-refractivity contribution in [2.75, 3.05) is 67.1 Å². The summed E-state index contributed by atoms with van der Waals surface area (Å²) in [5.41, 5.74) is 9.95. The predicted octanol–water partition coefficient (Wildman–Crippen LogP) is 12.4. The molecule has 0 amide bonds. The van der Waals surface area contributed by atoms with E-state index in [1.807, 2.05) is 9.80 Å². The number of rotatable bonds is 8. The van der Waals surface area contributed by atoms with E-state index in [9.17, 15) is 81.8 Å². The zero-order valence-corrected chi connectivity index (χ0v) is 62.4. The number of halogens is 13. The standard InChI is InChI=1S/C21H18F3N3O.C20H15F3N4O3.C20H17F3N4O.C15H8ClF3N2O.C6H11N/c1-10-7-27(18-4-3-12(22)5-16(18)23)20-13(19(10)28)6-17(24)21(25-20)26-8-14-11(2)15(14)9-26;21-8-1-2-15(13(22)3-8)27-7-12(20(29)30)17(28)9-4-14(23)19(25-18(9)27)26-5-10-11(6-26)16(10)24;1-9-6-27(16-3-2-10(21)4-14(16)22)19-11(18(9)28)5-15(23)20(25-19)26-7-12-13(8-26)17(12)24;1-7-6-21(12-3-2-8(17)4-10(12)18)15-9(13(7)22)5-11(19)14(16)20-15;1-4-5-2-7-3-6(4)5/h3-7,11,14-15H,8-9H2,1-2H3;1-4,7,10-11,16H,5-6,24H2,(H,29,30);2-6,12-13,17H,7-8,24H2,1H3;2-6H,1H3;4-7H,2-3H2,1H3/t11?,14-,15+;;12-,13+,17?;;4?,5-,6+. The fourth-order valence-electron chi connectivity index (χ4n) is 16.7. The Balaban J connectivity index is 0.000000112. The van der Waals surface area contributed by atoms with Crippen LogP contribution in [0.15, 0.2) is 141 Å². The Morgan fingerprint density at radius 3 is 0.965 bits per heavy atom. The third-order valence-electron chi connectivity index (χ3n) is 23.6. The van der Waals surface area contributed by atoms with E-state index in [0.29, 0.717) is 79.0 Å². The Hall–Kier alpha value is -11.5. The van der Waals surface area contributed by atoms with Gasteiger partial charge in [-0.15, -0.1) is 0 Å². The number of carboxylic acids is 1. The molecule has 12 aromatic rings. The molecule has 4 aromatic carbocycles. The molecule has 4 saturated carbocycles. The molecule has 20 rings (SSSR count). The lowest BCUT2D eigenvalue weighted by molar-refractivity contribution is 0.0694. The molecule has 5 unspecified atom stereocenters. The zero-order chi connectivity index (χ0) is 81.7. The number of hydrogen-bond donors (Lipinski definition) is 4. The molecule has 8 aromatic heterocycles. The number of carboxylic acid groups (broad SMARTS) is 1. The van der Waals surface area contributed by atoms with Gasteiger partial charge in [-0.2, -0.15) is 0 Å². The van der Waals surface area contributed by atoms with Gasteiger partial charge >= 0.3 is 5.97 Å². The van der Waals surface area contributed by atoms with Crippen molar-refractivity contribution in [2.45, 2.75) is 46.7 Å². The first-order valence-electron chi connectivity index (χ1n) is 36.8. The summed E-state index contributed by atoms with van der Waals surface area (Å²) in [7, 11) is 0. The van der Waals surface area contributed by atoms with Gasteiger partial charge in [-0.1, -0.05) is 25.4 Å². The average molecular weight is 1610 g/mol. The van der Waals surface area contributed by atoms with Crippen LogP contribution < -0.4 is 53.2 Å². The van der Waals surface area contributed by atoms with E-state index >= 15 is 0 Å². The molecule has 6 N–H and O–H groups in total. The van der Waals surface area contributed by atoms with Crippen molar-refractivity contribution >= 4 is 79.2 Å². The summed E-state index contributed by atoms with van der Waals surface area (Å²) in [5.74, 6) is -4.40. The molecule has 0 spiro atoms. The number of aryl methyl sites for hydroxylation is 3. The fourth-order valence-corrected chi connectivity index (χ4v) is 16.8. The Morgan fingerprint density at radius 2 is 0.670 bits per heavy atom. The molecule has 115 heavy (non-hydrogen) atoms. The predicted molar refractivity (Wildman–Crippen MR) is 407 cm³/mol. The molecule has 594 valence electrons. The SMILES string of the molecule is CC1[C@H]2CNC[C@@H]12.Cc1cn(-c2ccc(F)cc2F)c2nc(Cl)c(F)cc2c1=O.Cc1cn(-c2ccc(F)cc2F)c2nc(N3C[C@@H]4C(C)[C@@H]4C3)c(F)cc2c1=O.Cc1cn(-c2ccc(F)cc2F)c2nc(N3C[C@@H]4C(N)[C@@H]4C3)c(F)cc2c1=O.NC1C2CN(c3nc4c(cc3F)c(=O)c(C(=O)O)cn4-c3ccc(F)cc3F)CC12. The number of nitrogens with two attached hydrogens (primary N) is 2. The highest BCUT2D eigenvalue weighted by molar-refractivity contribution is 6.30. The average Bonchev–Trinajstić information content (AvgIpc) is 1.69. The highest BCUT2D eigenvalue weighted by Gasteiger charge is 2.56. The van der Waals surface area contributed by atoms with Gasteiger partial charge in [0.2, 0.25) is 5.43 Å². The van der Waals surface area contributed by atoms with Crippen LogP contribution in [0.2, 0.25) is 5.15 Å². The summed E-state index contributed by atoms with van der Waals surface area (Å²) in [5, 5.41) is 12.0. The number of aromatic carboxylic acids is 1. The minimum Gasteiger partial charge on any atom is -0.477 e. The van der Waals surface area contributed by atoms with E-state index < -0.39 is 97.4 Å². The van der Waals surface area contributed by atoms with Gasteiger partial charge < -0.3 is 36.6 Å². The molecule has 4 saturated heterocycles. The Labute approximate surface area is 649 Å². The fraction of sp³-hybridized carbons (Fsp3) is 0.305. The number of pyridine rings is 8. The monoisotopic (exact) mass is 1610 g/mol. The van der Waals surface area contributed by atoms with E-state index in [2.05, 4.69) is 39.1 Å². The van der Waals surface area contributed by atoms with E-state index in [1.165, 1.54) is 76.6 Å². The van der Waals surface area contributed by atoms with Crippen LogP contribution in [0.5, 0.6) is 0 Å².